The van der Waals surface area contributed by atoms with E-state index in [1.54, 1.807) is 11.2 Å². The summed E-state index contributed by atoms with van der Waals surface area (Å²) < 4.78 is 5.32. The molecule has 1 N–H and O–H groups in total. The SMILES string of the molecule is C#CCN(C)c1nc(CNCC(C)C)co1. The van der Waals surface area contributed by atoms with Crippen molar-refractivity contribution in [2.45, 2.75) is 20.4 Å². The summed E-state index contributed by atoms with van der Waals surface area (Å²) in [6.07, 6.45) is 6.88. The van der Waals surface area contributed by atoms with Crippen LogP contribution in [0.25, 0.3) is 0 Å². The third-order valence-electron chi connectivity index (χ3n) is 2.05. The number of hydrogen-bond donors (Lipinski definition) is 1. The van der Waals surface area contributed by atoms with Gasteiger partial charge in [0.2, 0.25) is 0 Å². The Kier molecular flexibility index (Phi) is 4.87. The molecule has 0 spiro atoms. The summed E-state index contributed by atoms with van der Waals surface area (Å²) in [4.78, 5) is 6.12. The van der Waals surface area contributed by atoms with Crippen LogP contribution in [0.3, 0.4) is 0 Å². The second-order valence-corrected chi connectivity index (χ2v) is 4.21. The number of hydrogen-bond acceptors (Lipinski definition) is 4. The van der Waals surface area contributed by atoms with E-state index in [9.17, 15) is 0 Å². The molecular weight excluding hydrogens is 202 g/mol. The Bertz CT molecular complexity index is 351. The lowest BCUT2D eigenvalue weighted by atomic mass is 10.2. The zero-order valence-electron chi connectivity index (χ0n) is 10.2. The Labute approximate surface area is 97.0 Å². The van der Waals surface area contributed by atoms with Gasteiger partial charge in [-0.25, -0.2) is 0 Å². The van der Waals surface area contributed by atoms with Gasteiger partial charge in [-0.15, -0.1) is 6.42 Å². The Hall–Kier alpha value is -1.47. The molecule has 4 heteroatoms. The van der Waals surface area contributed by atoms with Gasteiger partial charge in [0, 0.05) is 13.6 Å². The Morgan fingerprint density at radius 1 is 1.62 bits per heavy atom. The molecule has 16 heavy (non-hydrogen) atoms. The van der Waals surface area contributed by atoms with Crippen molar-refractivity contribution in [2.24, 2.45) is 5.92 Å². The van der Waals surface area contributed by atoms with E-state index in [1.807, 2.05) is 7.05 Å². The van der Waals surface area contributed by atoms with Crippen LogP contribution in [-0.2, 0) is 6.54 Å². The van der Waals surface area contributed by atoms with Gasteiger partial charge in [-0.3, -0.25) is 0 Å². The van der Waals surface area contributed by atoms with E-state index in [0.717, 1.165) is 18.8 Å². The maximum atomic E-state index is 5.32. The molecule has 1 rings (SSSR count). The smallest absolute Gasteiger partial charge is 0.297 e. The fourth-order valence-electron chi connectivity index (χ4n) is 1.25. The number of nitrogens with one attached hydrogen (secondary N) is 1. The van der Waals surface area contributed by atoms with Crippen molar-refractivity contribution < 1.29 is 4.42 Å². The van der Waals surface area contributed by atoms with Crippen molar-refractivity contribution in [1.82, 2.24) is 10.3 Å². The number of oxazole rings is 1. The van der Waals surface area contributed by atoms with Crippen molar-refractivity contribution in [1.29, 1.82) is 0 Å². The minimum absolute atomic E-state index is 0.499. The zero-order chi connectivity index (χ0) is 12.0. The van der Waals surface area contributed by atoms with Crippen molar-refractivity contribution in [3.8, 4) is 12.3 Å². The molecule has 0 amide bonds. The van der Waals surface area contributed by atoms with Crippen LogP contribution in [0, 0.1) is 18.3 Å². The molecule has 0 fully saturated rings. The van der Waals surface area contributed by atoms with E-state index in [1.165, 1.54) is 0 Å². The highest BCUT2D eigenvalue weighted by molar-refractivity contribution is 5.27. The molecule has 1 aromatic heterocycles. The monoisotopic (exact) mass is 221 g/mol. The summed E-state index contributed by atoms with van der Waals surface area (Å²) in [6.45, 7) is 6.54. The van der Waals surface area contributed by atoms with Crippen LogP contribution in [0.4, 0.5) is 6.01 Å². The Morgan fingerprint density at radius 3 is 3.00 bits per heavy atom. The number of rotatable bonds is 6. The molecule has 0 unspecified atom stereocenters. The first-order chi connectivity index (χ1) is 7.63. The first kappa shape index (κ1) is 12.6. The predicted octanol–water partition coefficient (Wildman–Crippen LogP) is 1.49. The zero-order valence-corrected chi connectivity index (χ0v) is 10.2. The summed E-state index contributed by atoms with van der Waals surface area (Å²) in [5.74, 6) is 3.18. The fraction of sp³-hybridized carbons (Fsp3) is 0.583. The standard InChI is InChI=1S/C12H19N3O/c1-5-6-15(4)12-14-11(9-16-12)8-13-7-10(2)3/h1,9-10,13H,6-8H2,2-4H3. The van der Waals surface area contributed by atoms with Crippen LogP contribution in [0.5, 0.6) is 0 Å². The van der Waals surface area contributed by atoms with Crippen molar-refractivity contribution in [2.75, 3.05) is 25.0 Å². The number of terminal acetylenes is 1. The third kappa shape index (κ3) is 3.95. The van der Waals surface area contributed by atoms with Gasteiger partial charge >= 0.3 is 0 Å². The molecule has 0 saturated heterocycles. The molecule has 0 aromatic carbocycles. The van der Waals surface area contributed by atoms with Gasteiger partial charge in [0.1, 0.15) is 6.26 Å². The van der Waals surface area contributed by atoms with E-state index in [4.69, 9.17) is 10.8 Å². The van der Waals surface area contributed by atoms with Crippen molar-refractivity contribution >= 4 is 6.01 Å². The topological polar surface area (TPSA) is 41.3 Å². The Morgan fingerprint density at radius 2 is 2.38 bits per heavy atom. The lowest BCUT2D eigenvalue weighted by molar-refractivity contribution is 0.538. The quantitative estimate of drug-likeness (QED) is 0.739. The number of aromatic nitrogens is 1. The second kappa shape index (κ2) is 6.19. The van der Waals surface area contributed by atoms with Crippen LogP contribution in [0.2, 0.25) is 0 Å². The summed E-state index contributed by atoms with van der Waals surface area (Å²) in [6, 6.07) is 0.569. The largest absolute Gasteiger partial charge is 0.432 e. The molecule has 0 radical (unpaired) electrons. The van der Waals surface area contributed by atoms with Crippen LogP contribution in [-0.4, -0.2) is 25.1 Å². The van der Waals surface area contributed by atoms with E-state index in [-0.39, 0.29) is 0 Å². The predicted molar refractivity (Wildman–Crippen MR) is 65.2 cm³/mol. The molecule has 1 heterocycles. The third-order valence-corrected chi connectivity index (χ3v) is 2.05. The van der Waals surface area contributed by atoms with E-state index in [2.05, 4.69) is 30.1 Å². The first-order valence-corrected chi connectivity index (χ1v) is 5.43. The van der Waals surface area contributed by atoms with Gasteiger partial charge in [0.25, 0.3) is 6.01 Å². The van der Waals surface area contributed by atoms with Crippen LogP contribution >= 0.6 is 0 Å². The molecule has 0 aliphatic carbocycles. The van der Waals surface area contributed by atoms with Gasteiger partial charge in [-0.1, -0.05) is 19.8 Å². The van der Waals surface area contributed by atoms with E-state index in [0.29, 0.717) is 18.5 Å². The lowest BCUT2D eigenvalue weighted by Gasteiger charge is -2.09. The highest BCUT2D eigenvalue weighted by Gasteiger charge is 2.07. The van der Waals surface area contributed by atoms with Crippen LogP contribution in [0.15, 0.2) is 10.7 Å². The van der Waals surface area contributed by atoms with Crippen molar-refractivity contribution in [3.05, 3.63) is 12.0 Å². The van der Waals surface area contributed by atoms with E-state index < -0.39 is 0 Å². The molecule has 0 aliphatic heterocycles. The number of anilines is 1. The molecule has 0 saturated carbocycles. The minimum atomic E-state index is 0.499. The lowest BCUT2D eigenvalue weighted by Crippen LogP contribution is -2.20. The molecule has 0 aliphatic rings. The summed E-state index contributed by atoms with van der Waals surface area (Å²) >= 11 is 0. The summed E-state index contributed by atoms with van der Waals surface area (Å²) in [5.41, 5.74) is 0.902. The van der Waals surface area contributed by atoms with Gasteiger partial charge in [-0.05, 0) is 12.5 Å². The molecule has 4 nitrogen and oxygen atoms in total. The van der Waals surface area contributed by atoms with Gasteiger partial charge < -0.3 is 14.6 Å². The maximum absolute atomic E-state index is 5.32. The molecule has 88 valence electrons. The van der Waals surface area contributed by atoms with Gasteiger partial charge in [-0.2, -0.15) is 4.98 Å². The molecule has 1 aromatic rings. The first-order valence-electron chi connectivity index (χ1n) is 5.43. The average Bonchev–Trinajstić information content (AvgIpc) is 2.66. The molecule has 0 atom stereocenters. The van der Waals surface area contributed by atoms with Crippen LogP contribution in [0.1, 0.15) is 19.5 Å². The summed E-state index contributed by atoms with van der Waals surface area (Å²) in [5, 5.41) is 3.30. The van der Waals surface area contributed by atoms with Crippen molar-refractivity contribution in [3.63, 3.8) is 0 Å². The normalized spacial score (nSPS) is 10.4. The van der Waals surface area contributed by atoms with E-state index >= 15 is 0 Å². The highest BCUT2D eigenvalue weighted by atomic mass is 16.4. The molecular formula is C12H19N3O. The summed E-state index contributed by atoms with van der Waals surface area (Å²) in [7, 11) is 1.86. The van der Waals surface area contributed by atoms with Crippen LogP contribution < -0.4 is 10.2 Å². The number of nitrogens with zero attached hydrogens (tertiary/aromatic N) is 2. The van der Waals surface area contributed by atoms with Gasteiger partial charge in [0.05, 0.1) is 12.2 Å². The average molecular weight is 221 g/mol. The fourth-order valence-corrected chi connectivity index (χ4v) is 1.25. The maximum Gasteiger partial charge on any atom is 0.297 e. The van der Waals surface area contributed by atoms with Gasteiger partial charge in [0.15, 0.2) is 0 Å². The second-order valence-electron chi connectivity index (χ2n) is 4.21. The minimum Gasteiger partial charge on any atom is -0.432 e. The molecule has 0 bridgehead atoms. The Balaban J connectivity index is 2.42. The highest BCUT2D eigenvalue weighted by Crippen LogP contribution is 2.11.